The van der Waals surface area contributed by atoms with Gasteiger partial charge in [-0.05, 0) is 66.8 Å². The van der Waals surface area contributed by atoms with Crippen LogP contribution >= 0.6 is 0 Å². The van der Waals surface area contributed by atoms with Gasteiger partial charge in [0.25, 0.3) is 0 Å². The quantitative estimate of drug-likeness (QED) is 0.102. The smallest absolute Gasteiger partial charge is 0.165 e. The van der Waals surface area contributed by atoms with Gasteiger partial charge < -0.3 is 14.4 Å². The number of hydrogen-bond acceptors (Lipinski definition) is 5. The zero-order valence-electron chi connectivity index (χ0n) is 27.6. The number of aromatic nitrogens is 3. The van der Waals surface area contributed by atoms with Crippen molar-refractivity contribution in [2.45, 2.75) is 103 Å². The molecule has 9 heteroatoms. The fourth-order valence-corrected chi connectivity index (χ4v) is 8.14. The van der Waals surface area contributed by atoms with Gasteiger partial charge in [-0.1, -0.05) is 71.2 Å². The van der Waals surface area contributed by atoms with E-state index >= 15 is 0 Å². The van der Waals surface area contributed by atoms with Gasteiger partial charge in [0, 0.05) is 52.6 Å². The van der Waals surface area contributed by atoms with Crippen molar-refractivity contribution in [3.63, 3.8) is 0 Å². The van der Waals surface area contributed by atoms with Crippen molar-refractivity contribution in [1.29, 1.82) is 0 Å². The van der Waals surface area contributed by atoms with Gasteiger partial charge in [0.15, 0.2) is 5.65 Å². The van der Waals surface area contributed by atoms with E-state index in [2.05, 4.69) is 50.2 Å². The number of ether oxygens (including phenoxy) is 2. The van der Waals surface area contributed by atoms with Crippen LogP contribution < -0.4 is 4.90 Å². The normalized spacial score (nSPS) is 20.7. The largest absolute Gasteiger partial charge is 0.361 e. The van der Waals surface area contributed by atoms with E-state index in [1.165, 1.54) is 32.1 Å². The highest BCUT2D eigenvalue weighted by Crippen LogP contribution is 2.48. The zero-order valence-corrected chi connectivity index (χ0v) is 29.6. The second kappa shape index (κ2) is 13.5. The fraction of sp³-hybridized carbons (Fsp3) is 0.647. The van der Waals surface area contributed by atoms with Crippen LogP contribution in [0.4, 0.5) is 10.2 Å². The Kier molecular flexibility index (Phi) is 10.2. The number of benzene rings is 1. The molecule has 3 aromatic rings. The molecule has 0 radical (unpaired) electrons. The molecule has 2 bridgehead atoms. The van der Waals surface area contributed by atoms with Crippen LogP contribution in [0.2, 0.25) is 51.4 Å². The maximum atomic E-state index is 14.9. The van der Waals surface area contributed by atoms with Crippen molar-refractivity contribution in [3.8, 4) is 11.1 Å². The summed E-state index contributed by atoms with van der Waals surface area (Å²) in [6.07, 6.45) is 8.97. The molecule has 2 fully saturated rings. The lowest BCUT2D eigenvalue weighted by Crippen LogP contribution is -2.33. The van der Waals surface area contributed by atoms with Crippen LogP contribution in [0.5, 0.6) is 0 Å². The first-order valence-corrected chi connectivity index (χ1v) is 23.9. The minimum absolute atomic E-state index is 0.173. The number of hydrogen-bond donors (Lipinski definition) is 0. The van der Waals surface area contributed by atoms with Gasteiger partial charge in [0.2, 0.25) is 0 Å². The van der Waals surface area contributed by atoms with Crippen molar-refractivity contribution in [2.24, 2.45) is 11.8 Å². The predicted molar refractivity (Wildman–Crippen MR) is 181 cm³/mol. The van der Waals surface area contributed by atoms with E-state index < -0.39 is 16.1 Å². The number of aryl methyl sites for hydroxylation is 1. The molecule has 2 aliphatic rings. The van der Waals surface area contributed by atoms with E-state index in [-0.39, 0.29) is 5.82 Å². The zero-order chi connectivity index (χ0) is 30.8. The van der Waals surface area contributed by atoms with Crippen molar-refractivity contribution < 1.29 is 13.9 Å². The lowest BCUT2D eigenvalue weighted by molar-refractivity contribution is 0.0942. The highest BCUT2D eigenvalue weighted by molar-refractivity contribution is 6.76. The Bertz CT molecular complexity index is 1350. The van der Waals surface area contributed by atoms with E-state index in [9.17, 15) is 4.39 Å². The Balaban J connectivity index is 1.52. The van der Waals surface area contributed by atoms with E-state index in [0.29, 0.717) is 25.8 Å². The molecule has 2 aromatic heterocycles. The summed E-state index contributed by atoms with van der Waals surface area (Å²) < 4.78 is 29.5. The predicted octanol–water partition coefficient (Wildman–Crippen LogP) is 8.82. The molecule has 0 N–H and O–H groups in total. The summed E-state index contributed by atoms with van der Waals surface area (Å²) in [4.78, 5) is 7.47. The number of nitrogens with zero attached hydrogens (tertiary/aromatic N) is 4. The Hall–Kier alpha value is -2.08. The van der Waals surface area contributed by atoms with Crippen LogP contribution in [0.15, 0.2) is 30.5 Å². The summed E-state index contributed by atoms with van der Waals surface area (Å²) in [6, 6.07) is 10.0. The van der Waals surface area contributed by atoms with Crippen LogP contribution in [0.3, 0.4) is 0 Å². The van der Waals surface area contributed by atoms with E-state index in [1.54, 1.807) is 6.07 Å². The third-order valence-corrected chi connectivity index (χ3v) is 12.7. The molecule has 1 unspecified atom stereocenters. The van der Waals surface area contributed by atoms with Gasteiger partial charge in [0.05, 0.1) is 6.20 Å². The Morgan fingerprint density at radius 2 is 1.53 bits per heavy atom. The van der Waals surface area contributed by atoms with Gasteiger partial charge in [-0.2, -0.15) is 9.61 Å². The molecule has 2 saturated carbocycles. The molecule has 0 saturated heterocycles. The minimum Gasteiger partial charge on any atom is -0.361 e. The third-order valence-electron chi connectivity index (χ3n) is 9.33. The van der Waals surface area contributed by atoms with Crippen molar-refractivity contribution in [1.82, 2.24) is 14.6 Å². The maximum Gasteiger partial charge on any atom is 0.165 e. The molecule has 43 heavy (non-hydrogen) atoms. The van der Waals surface area contributed by atoms with Gasteiger partial charge in [0.1, 0.15) is 25.1 Å². The summed E-state index contributed by atoms with van der Waals surface area (Å²) in [7, 11) is -2.43. The average molecular weight is 625 g/mol. The minimum atomic E-state index is -1.22. The first-order valence-electron chi connectivity index (χ1n) is 16.5. The Labute approximate surface area is 260 Å². The number of anilines is 1. The summed E-state index contributed by atoms with van der Waals surface area (Å²) >= 11 is 0. The second-order valence-electron chi connectivity index (χ2n) is 15.4. The maximum absolute atomic E-state index is 14.9. The monoisotopic (exact) mass is 624 g/mol. The Morgan fingerprint density at radius 1 is 0.907 bits per heavy atom. The molecule has 0 aliphatic heterocycles. The summed E-state index contributed by atoms with van der Waals surface area (Å²) in [6.45, 7) is 18.6. The number of fused-ring (bicyclic) bond motifs is 3. The first kappa shape index (κ1) is 32.3. The van der Waals surface area contributed by atoms with Crippen molar-refractivity contribution in [3.05, 3.63) is 47.5 Å². The van der Waals surface area contributed by atoms with E-state index in [4.69, 9.17) is 19.6 Å². The second-order valence-corrected chi connectivity index (χ2v) is 26.7. The van der Waals surface area contributed by atoms with Gasteiger partial charge in [-0.15, -0.1) is 0 Å². The summed E-state index contributed by atoms with van der Waals surface area (Å²) in [5.41, 5.74) is 4.31. The van der Waals surface area contributed by atoms with E-state index in [1.807, 2.05) is 29.8 Å². The molecule has 0 spiro atoms. The standard InChI is InChI=1S/C34H53FN4O2Si2/c1-8-27-11-12-28(20-31(27)35)30-22-36-39-33(21-32(37-34(30)39)29-18-25-9-10-26(17-25)19-29)38(23-40-13-15-42(2,3)4)24-41-14-16-43(5,6)7/h11-12,20-22,25-26,29H,8-10,13-19,23-24H2,1-7H3/t25-,26+,29?. The molecule has 6 nitrogen and oxygen atoms in total. The van der Waals surface area contributed by atoms with Crippen molar-refractivity contribution >= 4 is 27.6 Å². The fourth-order valence-electron chi connectivity index (χ4n) is 6.63. The van der Waals surface area contributed by atoms with Crippen molar-refractivity contribution in [2.75, 3.05) is 31.6 Å². The average Bonchev–Trinajstić information content (AvgIpc) is 3.52. The molecule has 5 rings (SSSR count). The summed E-state index contributed by atoms with van der Waals surface area (Å²) in [5.74, 6) is 2.80. The van der Waals surface area contributed by atoms with Gasteiger partial charge in [-0.3, -0.25) is 0 Å². The Morgan fingerprint density at radius 3 is 2.09 bits per heavy atom. The van der Waals surface area contributed by atoms with Crippen LogP contribution in [0.25, 0.3) is 16.8 Å². The summed E-state index contributed by atoms with van der Waals surface area (Å²) in [5, 5.41) is 4.84. The van der Waals surface area contributed by atoms with Crippen LogP contribution in [0.1, 0.15) is 56.2 Å². The molecule has 0 amide bonds. The number of rotatable bonds is 14. The third kappa shape index (κ3) is 8.35. The highest BCUT2D eigenvalue weighted by Gasteiger charge is 2.36. The lowest BCUT2D eigenvalue weighted by atomic mass is 9.79. The molecule has 2 aliphatic carbocycles. The molecular formula is C34H53FN4O2Si2. The molecule has 1 aromatic carbocycles. The van der Waals surface area contributed by atoms with Crippen LogP contribution in [-0.4, -0.2) is 57.4 Å². The molecular weight excluding hydrogens is 572 g/mol. The topological polar surface area (TPSA) is 51.9 Å². The van der Waals surface area contributed by atoms with Crippen LogP contribution in [-0.2, 0) is 15.9 Å². The van der Waals surface area contributed by atoms with E-state index in [0.717, 1.165) is 71.0 Å². The molecule has 2 heterocycles. The molecule has 3 atom stereocenters. The highest BCUT2D eigenvalue weighted by atomic mass is 28.3. The molecule has 236 valence electrons. The van der Waals surface area contributed by atoms with Gasteiger partial charge >= 0.3 is 0 Å². The SMILES string of the molecule is CCc1ccc(-c2cnn3c(N(COCC[Si](C)(C)C)COCC[Si](C)(C)C)cc(C4C[C@H]5CC[C@@H](C4)C5)nc23)cc1F. The van der Waals surface area contributed by atoms with Gasteiger partial charge in [-0.25, -0.2) is 9.37 Å². The first-order chi connectivity index (χ1) is 20.4. The van der Waals surface area contributed by atoms with Crippen LogP contribution in [0, 0.1) is 17.7 Å². The number of halogens is 1. The lowest BCUT2D eigenvalue weighted by Gasteiger charge is -2.30.